The number of carbonyl (C=O) groups excluding carboxylic acids is 1. The average Bonchev–Trinajstić information content (AvgIpc) is 3.11. The van der Waals surface area contributed by atoms with Gasteiger partial charge >= 0.3 is 0 Å². The van der Waals surface area contributed by atoms with E-state index in [1.807, 2.05) is 54.6 Å². The number of ether oxygens (including phenoxy) is 1. The Morgan fingerprint density at radius 1 is 1.09 bits per heavy atom. The molecule has 0 radical (unpaired) electrons. The summed E-state index contributed by atoms with van der Waals surface area (Å²) in [6, 6.07) is 17.4. The Bertz CT molecular complexity index is 758. The highest BCUT2D eigenvalue weighted by atomic mass is 16.6. The predicted molar refractivity (Wildman–Crippen MR) is 86.6 cm³/mol. The molecule has 2 aliphatic heterocycles. The number of nitrogens with zero attached hydrogens (tertiary/aromatic N) is 2. The highest BCUT2D eigenvalue weighted by Gasteiger charge is 2.32. The van der Waals surface area contributed by atoms with Gasteiger partial charge in [-0.3, -0.25) is 4.79 Å². The van der Waals surface area contributed by atoms with Gasteiger partial charge in [-0.05, 0) is 17.7 Å². The number of amides is 1. The van der Waals surface area contributed by atoms with Crippen molar-refractivity contribution in [3.8, 4) is 5.75 Å². The van der Waals surface area contributed by atoms with Crippen LogP contribution < -0.4 is 9.64 Å². The lowest BCUT2D eigenvalue weighted by Gasteiger charge is -2.29. The fourth-order valence-corrected chi connectivity index (χ4v) is 2.89. The molecule has 23 heavy (non-hydrogen) atoms. The molecule has 1 unspecified atom stereocenters. The lowest BCUT2D eigenvalue weighted by Crippen LogP contribution is -2.41. The molecule has 5 nitrogen and oxygen atoms in total. The zero-order valence-electron chi connectivity index (χ0n) is 12.5. The Kier molecular flexibility index (Phi) is 3.46. The van der Waals surface area contributed by atoms with Crippen LogP contribution in [-0.2, 0) is 9.63 Å². The molecule has 2 heterocycles. The summed E-state index contributed by atoms with van der Waals surface area (Å²) in [5.74, 6) is 0.616. The molecule has 2 aromatic carbocycles. The maximum absolute atomic E-state index is 12.8. The minimum absolute atomic E-state index is 0.112. The van der Waals surface area contributed by atoms with E-state index in [2.05, 4.69) is 5.16 Å². The van der Waals surface area contributed by atoms with Gasteiger partial charge in [-0.2, -0.15) is 0 Å². The van der Waals surface area contributed by atoms with Crippen LogP contribution in [0.1, 0.15) is 18.1 Å². The largest absolute Gasteiger partial charge is 0.490 e. The SMILES string of the molecule is O=C(C1=NOC(c2ccccc2)C1)N1CCOc2ccccc21. The molecule has 0 bridgehead atoms. The van der Waals surface area contributed by atoms with Crippen LogP contribution >= 0.6 is 0 Å². The van der Waals surface area contributed by atoms with Crippen LogP contribution in [-0.4, -0.2) is 24.8 Å². The van der Waals surface area contributed by atoms with Crippen LogP contribution in [0.2, 0.25) is 0 Å². The van der Waals surface area contributed by atoms with Crippen molar-refractivity contribution >= 4 is 17.3 Å². The van der Waals surface area contributed by atoms with Gasteiger partial charge in [0.2, 0.25) is 0 Å². The van der Waals surface area contributed by atoms with E-state index in [1.54, 1.807) is 4.90 Å². The van der Waals surface area contributed by atoms with E-state index in [0.717, 1.165) is 17.0 Å². The fourth-order valence-electron chi connectivity index (χ4n) is 2.89. The normalized spacial score (nSPS) is 19.4. The molecule has 0 fully saturated rings. The third-order valence-electron chi connectivity index (χ3n) is 4.06. The van der Waals surface area contributed by atoms with Crippen LogP contribution in [0.5, 0.6) is 5.75 Å². The van der Waals surface area contributed by atoms with Gasteiger partial charge in [-0.1, -0.05) is 47.6 Å². The van der Waals surface area contributed by atoms with Crippen molar-refractivity contribution in [2.45, 2.75) is 12.5 Å². The summed E-state index contributed by atoms with van der Waals surface area (Å²) >= 11 is 0. The first kappa shape index (κ1) is 13.8. The van der Waals surface area contributed by atoms with E-state index in [0.29, 0.717) is 25.3 Å². The highest BCUT2D eigenvalue weighted by molar-refractivity contribution is 6.44. The van der Waals surface area contributed by atoms with Crippen molar-refractivity contribution in [2.24, 2.45) is 5.16 Å². The third-order valence-corrected chi connectivity index (χ3v) is 4.06. The minimum atomic E-state index is -0.188. The van der Waals surface area contributed by atoms with Crippen LogP contribution in [0.4, 0.5) is 5.69 Å². The number of hydrogen-bond acceptors (Lipinski definition) is 4. The molecular weight excluding hydrogens is 292 g/mol. The van der Waals surface area contributed by atoms with Crippen LogP contribution in [0.25, 0.3) is 0 Å². The van der Waals surface area contributed by atoms with E-state index < -0.39 is 0 Å². The van der Waals surface area contributed by atoms with Crippen molar-refractivity contribution in [3.63, 3.8) is 0 Å². The second-order valence-corrected chi connectivity index (χ2v) is 5.52. The van der Waals surface area contributed by atoms with Crippen molar-refractivity contribution in [2.75, 3.05) is 18.1 Å². The van der Waals surface area contributed by atoms with Crippen LogP contribution in [0.3, 0.4) is 0 Å². The minimum Gasteiger partial charge on any atom is -0.490 e. The maximum Gasteiger partial charge on any atom is 0.276 e. The van der Waals surface area contributed by atoms with E-state index in [1.165, 1.54) is 0 Å². The summed E-state index contributed by atoms with van der Waals surface area (Å²) in [7, 11) is 0. The first-order chi connectivity index (χ1) is 11.3. The molecular formula is C18H16N2O3. The van der Waals surface area contributed by atoms with Gasteiger partial charge in [0, 0.05) is 6.42 Å². The van der Waals surface area contributed by atoms with Crippen molar-refractivity contribution < 1.29 is 14.4 Å². The Morgan fingerprint density at radius 3 is 2.74 bits per heavy atom. The molecule has 0 saturated heterocycles. The number of hydrogen-bond donors (Lipinski definition) is 0. The predicted octanol–water partition coefficient (Wildman–Crippen LogP) is 2.93. The van der Waals surface area contributed by atoms with Gasteiger partial charge in [0.25, 0.3) is 5.91 Å². The summed E-state index contributed by atoms with van der Waals surface area (Å²) in [6.45, 7) is 1.00. The molecule has 1 atom stereocenters. The number of anilines is 1. The first-order valence-corrected chi connectivity index (χ1v) is 7.64. The summed E-state index contributed by atoms with van der Waals surface area (Å²) in [5.41, 5.74) is 2.27. The second kappa shape index (κ2) is 5.76. The van der Waals surface area contributed by atoms with Gasteiger partial charge in [0.15, 0.2) is 6.10 Å². The second-order valence-electron chi connectivity index (χ2n) is 5.52. The summed E-state index contributed by atoms with van der Waals surface area (Å²) in [5, 5.41) is 4.03. The summed E-state index contributed by atoms with van der Waals surface area (Å²) in [6.07, 6.45) is 0.300. The first-order valence-electron chi connectivity index (χ1n) is 7.64. The number of carbonyl (C=O) groups is 1. The third kappa shape index (κ3) is 2.54. The van der Waals surface area contributed by atoms with Crippen molar-refractivity contribution in [1.29, 1.82) is 0 Å². The number of para-hydroxylation sites is 2. The summed E-state index contributed by atoms with van der Waals surface area (Å²) in [4.78, 5) is 20.0. The van der Waals surface area contributed by atoms with E-state index in [4.69, 9.17) is 9.57 Å². The molecule has 0 saturated carbocycles. The molecule has 0 spiro atoms. The summed E-state index contributed by atoms with van der Waals surface area (Å²) < 4.78 is 5.59. The zero-order valence-corrected chi connectivity index (χ0v) is 12.5. The quantitative estimate of drug-likeness (QED) is 0.857. The van der Waals surface area contributed by atoms with E-state index in [-0.39, 0.29) is 12.0 Å². The fraction of sp³-hybridized carbons (Fsp3) is 0.222. The zero-order chi connectivity index (χ0) is 15.6. The van der Waals surface area contributed by atoms with Crippen molar-refractivity contribution in [1.82, 2.24) is 0 Å². The Hall–Kier alpha value is -2.82. The standard InChI is InChI=1S/C18H16N2O3/c21-18(20-10-11-22-16-9-5-4-8-15(16)20)14-12-17(23-19-14)13-6-2-1-3-7-13/h1-9,17H,10-12H2. The van der Waals surface area contributed by atoms with Crippen LogP contribution in [0.15, 0.2) is 59.8 Å². The maximum atomic E-state index is 12.8. The van der Waals surface area contributed by atoms with Gasteiger partial charge in [-0.25, -0.2) is 0 Å². The molecule has 2 aromatic rings. The Morgan fingerprint density at radius 2 is 1.87 bits per heavy atom. The molecule has 0 N–H and O–H groups in total. The Labute approximate surface area is 134 Å². The molecule has 1 amide bonds. The molecule has 4 rings (SSSR count). The topological polar surface area (TPSA) is 51.1 Å². The lowest BCUT2D eigenvalue weighted by molar-refractivity contribution is -0.112. The average molecular weight is 308 g/mol. The van der Waals surface area contributed by atoms with E-state index in [9.17, 15) is 4.79 Å². The molecule has 5 heteroatoms. The molecule has 0 aromatic heterocycles. The van der Waals surface area contributed by atoms with Gasteiger partial charge in [0.1, 0.15) is 18.1 Å². The highest BCUT2D eigenvalue weighted by Crippen LogP contribution is 2.33. The van der Waals surface area contributed by atoms with Crippen LogP contribution in [0, 0.1) is 0 Å². The lowest BCUT2D eigenvalue weighted by atomic mass is 10.0. The smallest absolute Gasteiger partial charge is 0.276 e. The monoisotopic (exact) mass is 308 g/mol. The number of benzene rings is 2. The number of oxime groups is 1. The van der Waals surface area contributed by atoms with Crippen molar-refractivity contribution in [3.05, 3.63) is 60.2 Å². The van der Waals surface area contributed by atoms with Gasteiger partial charge in [-0.15, -0.1) is 0 Å². The Balaban J connectivity index is 1.53. The number of rotatable bonds is 2. The van der Waals surface area contributed by atoms with Gasteiger partial charge < -0.3 is 14.5 Å². The molecule has 0 aliphatic carbocycles. The number of fused-ring (bicyclic) bond motifs is 1. The van der Waals surface area contributed by atoms with E-state index >= 15 is 0 Å². The molecule has 116 valence electrons. The van der Waals surface area contributed by atoms with Gasteiger partial charge in [0.05, 0.1) is 12.2 Å². The molecule has 2 aliphatic rings.